The Labute approximate surface area is 126 Å². The fourth-order valence-corrected chi connectivity index (χ4v) is 1.98. The predicted octanol–water partition coefficient (Wildman–Crippen LogP) is 4.07. The minimum absolute atomic E-state index is 0.100. The van der Waals surface area contributed by atoms with Crippen molar-refractivity contribution in [2.75, 3.05) is 0 Å². The molecule has 2 aromatic carbocycles. The van der Waals surface area contributed by atoms with Crippen LogP contribution in [0.1, 0.15) is 40.7 Å². The third kappa shape index (κ3) is 4.37. The average Bonchev–Trinajstić information content (AvgIpc) is 2.54. The molecule has 0 atom stereocenters. The zero-order valence-electron chi connectivity index (χ0n) is 11.8. The maximum atomic E-state index is 12.2. The monoisotopic (exact) mass is 272 g/mol. The van der Waals surface area contributed by atoms with E-state index in [4.69, 9.17) is 6.42 Å². The van der Waals surface area contributed by atoms with Gasteiger partial charge in [0.2, 0.25) is 0 Å². The van der Waals surface area contributed by atoms with Gasteiger partial charge in [0.1, 0.15) is 0 Å². The summed E-state index contributed by atoms with van der Waals surface area (Å²) in [4.78, 5) is 12.2. The number of rotatable bonds is 4. The van der Waals surface area contributed by atoms with Crippen molar-refractivity contribution in [2.45, 2.75) is 19.3 Å². The second kappa shape index (κ2) is 7.73. The van der Waals surface area contributed by atoms with Gasteiger partial charge in [-0.2, -0.15) is 0 Å². The van der Waals surface area contributed by atoms with Crippen LogP contribution in [0.15, 0.2) is 54.6 Å². The third-order valence-corrected chi connectivity index (χ3v) is 3.07. The van der Waals surface area contributed by atoms with Gasteiger partial charge in [0, 0.05) is 29.5 Å². The van der Waals surface area contributed by atoms with E-state index in [0.29, 0.717) is 18.4 Å². The Morgan fingerprint density at radius 2 is 1.67 bits per heavy atom. The molecule has 21 heavy (non-hydrogen) atoms. The first-order valence-electron chi connectivity index (χ1n) is 6.94. The van der Waals surface area contributed by atoms with Gasteiger partial charge >= 0.3 is 0 Å². The molecule has 0 aromatic heterocycles. The van der Waals surface area contributed by atoms with E-state index in [1.807, 2.05) is 54.6 Å². The van der Waals surface area contributed by atoms with Crippen molar-refractivity contribution in [3.8, 4) is 24.2 Å². The summed E-state index contributed by atoms with van der Waals surface area (Å²) >= 11 is 0. The van der Waals surface area contributed by atoms with Crippen LogP contribution in [0, 0.1) is 24.2 Å². The van der Waals surface area contributed by atoms with Gasteiger partial charge < -0.3 is 0 Å². The molecule has 0 aliphatic rings. The first kappa shape index (κ1) is 14.6. The molecule has 0 unspecified atom stereocenters. The van der Waals surface area contributed by atoms with E-state index in [9.17, 15) is 4.79 Å². The molecule has 0 spiro atoms. The first-order chi connectivity index (χ1) is 10.3. The zero-order chi connectivity index (χ0) is 14.9. The lowest BCUT2D eigenvalue weighted by atomic mass is 10.00. The lowest BCUT2D eigenvalue weighted by molar-refractivity contribution is 0.0980. The summed E-state index contributed by atoms with van der Waals surface area (Å²) in [5.74, 6) is 8.83. The minimum Gasteiger partial charge on any atom is -0.294 e. The van der Waals surface area contributed by atoms with Gasteiger partial charge in [-0.3, -0.25) is 4.79 Å². The largest absolute Gasteiger partial charge is 0.294 e. The van der Waals surface area contributed by atoms with Crippen molar-refractivity contribution >= 4 is 5.78 Å². The Balaban J connectivity index is 2.20. The van der Waals surface area contributed by atoms with Crippen LogP contribution in [0.5, 0.6) is 0 Å². The number of unbranched alkanes of at least 4 members (excludes halogenated alkanes) is 1. The number of carbonyl (C=O) groups excluding carboxylic acids is 1. The number of hydrogen-bond donors (Lipinski definition) is 0. The molecule has 0 heterocycles. The molecule has 1 heteroatoms. The Bertz CT molecular complexity index is 709. The van der Waals surface area contributed by atoms with Crippen LogP contribution in [-0.2, 0) is 0 Å². The summed E-state index contributed by atoms with van der Waals surface area (Å²) in [7, 11) is 0. The van der Waals surface area contributed by atoms with Gasteiger partial charge in [0.05, 0.1) is 0 Å². The molecular weight excluding hydrogens is 256 g/mol. The number of carbonyl (C=O) groups is 1. The Kier molecular flexibility index (Phi) is 5.39. The van der Waals surface area contributed by atoms with E-state index in [-0.39, 0.29) is 5.78 Å². The molecule has 2 rings (SSSR count). The van der Waals surface area contributed by atoms with Crippen LogP contribution in [0.3, 0.4) is 0 Å². The molecule has 0 aliphatic heterocycles. The van der Waals surface area contributed by atoms with Crippen molar-refractivity contribution in [3.63, 3.8) is 0 Å². The average molecular weight is 272 g/mol. The van der Waals surface area contributed by atoms with Gasteiger partial charge in [-0.25, -0.2) is 0 Å². The zero-order valence-corrected chi connectivity index (χ0v) is 11.8. The van der Waals surface area contributed by atoms with Crippen molar-refractivity contribution in [3.05, 3.63) is 71.3 Å². The normalized spacial score (nSPS) is 9.29. The summed E-state index contributed by atoms with van der Waals surface area (Å²) < 4.78 is 0. The third-order valence-electron chi connectivity index (χ3n) is 3.07. The summed E-state index contributed by atoms with van der Waals surface area (Å²) in [6, 6.07) is 17.2. The maximum absolute atomic E-state index is 12.2. The van der Waals surface area contributed by atoms with Crippen molar-refractivity contribution in [2.24, 2.45) is 0 Å². The molecule has 0 radical (unpaired) electrons. The van der Waals surface area contributed by atoms with Crippen LogP contribution in [0.2, 0.25) is 0 Å². The van der Waals surface area contributed by atoms with Gasteiger partial charge in [0.15, 0.2) is 5.78 Å². The molecule has 0 bridgehead atoms. The SMILES string of the molecule is C#CCCCC(=O)c1ccccc1C#Cc1ccccc1. The molecular formula is C20H16O. The highest BCUT2D eigenvalue weighted by Crippen LogP contribution is 2.12. The number of benzene rings is 2. The summed E-state index contributed by atoms with van der Waals surface area (Å²) in [5.41, 5.74) is 2.39. The highest BCUT2D eigenvalue weighted by Gasteiger charge is 2.08. The molecule has 102 valence electrons. The number of ketones is 1. The second-order valence-electron chi connectivity index (χ2n) is 4.64. The Morgan fingerprint density at radius 1 is 0.952 bits per heavy atom. The second-order valence-corrected chi connectivity index (χ2v) is 4.64. The van der Waals surface area contributed by atoms with Crippen LogP contribution < -0.4 is 0 Å². The quantitative estimate of drug-likeness (QED) is 0.466. The van der Waals surface area contributed by atoms with E-state index in [2.05, 4.69) is 17.8 Å². The number of hydrogen-bond acceptors (Lipinski definition) is 1. The first-order valence-corrected chi connectivity index (χ1v) is 6.94. The fourth-order valence-electron chi connectivity index (χ4n) is 1.98. The van der Waals surface area contributed by atoms with Crippen molar-refractivity contribution in [1.82, 2.24) is 0 Å². The van der Waals surface area contributed by atoms with E-state index >= 15 is 0 Å². The topological polar surface area (TPSA) is 17.1 Å². The predicted molar refractivity (Wildman–Crippen MR) is 85.9 cm³/mol. The molecule has 0 fully saturated rings. The van der Waals surface area contributed by atoms with E-state index < -0.39 is 0 Å². The molecule has 0 saturated heterocycles. The van der Waals surface area contributed by atoms with Crippen LogP contribution >= 0.6 is 0 Å². The summed E-state index contributed by atoms with van der Waals surface area (Å²) in [5, 5.41) is 0. The Hall–Kier alpha value is -2.77. The van der Waals surface area contributed by atoms with E-state index in [0.717, 1.165) is 17.5 Å². The van der Waals surface area contributed by atoms with Gasteiger partial charge in [-0.1, -0.05) is 48.2 Å². The highest BCUT2D eigenvalue weighted by molar-refractivity contribution is 5.98. The minimum atomic E-state index is 0.100. The standard InChI is InChI=1S/C20H16O/c1-2-3-5-14-20(21)19-13-9-8-12-18(19)16-15-17-10-6-4-7-11-17/h1,4,6-13H,3,5,14H2. The molecule has 0 amide bonds. The lowest BCUT2D eigenvalue weighted by Gasteiger charge is -2.02. The summed E-state index contributed by atoms with van der Waals surface area (Å²) in [6.45, 7) is 0. The van der Waals surface area contributed by atoms with E-state index in [1.54, 1.807) is 0 Å². The fraction of sp³-hybridized carbons (Fsp3) is 0.150. The van der Waals surface area contributed by atoms with Crippen molar-refractivity contribution < 1.29 is 4.79 Å². The van der Waals surface area contributed by atoms with E-state index in [1.165, 1.54) is 0 Å². The van der Waals surface area contributed by atoms with Crippen LogP contribution in [0.4, 0.5) is 0 Å². The molecule has 0 saturated carbocycles. The van der Waals surface area contributed by atoms with Gasteiger partial charge in [-0.15, -0.1) is 12.3 Å². The van der Waals surface area contributed by atoms with Crippen LogP contribution in [0.25, 0.3) is 0 Å². The van der Waals surface area contributed by atoms with Crippen molar-refractivity contribution in [1.29, 1.82) is 0 Å². The summed E-state index contributed by atoms with van der Waals surface area (Å²) in [6.07, 6.45) is 7.02. The number of terminal acetylenes is 1. The van der Waals surface area contributed by atoms with Crippen LogP contribution in [-0.4, -0.2) is 5.78 Å². The molecule has 0 aliphatic carbocycles. The maximum Gasteiger partial charge on any atom is 0.164 e. The molecule has 0 N–H and O–H groups in total. The Morgan fingerprint density at radius 3 is 2.43 bits per heavy atom. The lowest BCUT2D eigenvalue weighted by Crippen LogP contribution is -2.01. The molecule has 2 aromatic rings. The molecule has 1 nitrogen and oxygen atoms in total. The number of Topliss-reactive ketones (excluding diaryl/α,β-unsaturated/α-hetero) is 1. The highest BCUT2D eigenvalue weighted by atomic mass is 16.1. The van der Waals surface area contributed by atoms with Gasteiger partial charge in [-0.05, 0) is 24.6 Å². The van der Waals surface area contributed by atoms with Gasteiger partial charge in [0.25, 0.3) is 0 Å². The smallest absolute Gasteiger partial charge is 0.164 e.